The first-order chi connectivity index (χ1) is 10.1. The summed E-state index contributed by atoms with van der Waals surface area (Å²) in [6.45, 7) is 0. The van der Waals surface area contributed by atoms with Crippen LogP contribution in [0.15, 0.2) is 24.3 Å². The fourth-order valence-electron chi connectivity index (χ4n) is 1.72. The molecule has 0 amide bonds. The van der Waals surface area contributed by atoms with E-state index in [0.29, 0.717) is 38.7 Å². The van der Waals surface area contributed by atoms with Gasteiger partial charge in [0.15, 0.2) is 5.82 Å². The minimum absolute atomic E-state index is 0.380. The van der Waals surface area contributed by atoms with Crippen molar-refractivity contribution >= 4 is 40.5 Å². The highest BCUT2D eigenvalue weighted by molar-refractivity contribution is 6.37. The van der Waals surface area contributed by atoms with Crippen molar-refractivity contribution in [2.24, 2.45) is 0 Å². The maximum atomic E-state index is 8.90. The lowest BCUT2D eigenvalue weighted by Gasteiger charge is -2.13. The van der Waals surface area contributed by atoms with Crippen LogP contribution in [-0.4, -0.2) is 19.1 Å². The minimum Gasteiger partial charge on any atom is -0.495 e. The first-order valence-electron chi connectivity index (χ1n) is 5.98. The molecule has 2 aromatic rings. The van der Waals surface area contributed by atoms with Gasteiger partial charge in [0.05, 0.1) is 34.5 Å². The summed E-state index contributed by atoms with van der Waals surface area (Å²) in [5.41, 5.74) is 1.15. The van der Waals surface area contributed by atoms with E-state index >= 15 is 0 Å². The molecule has 1 aromatic carbocycles. The molecule has 0 saturated heterocycles. The zero-order valence-corrected chi connectivity index (χ0v) is 12.9. The second-order valence-electron chi connectivity index (χ2n) is 4.05. The van der Waals surface area contributed by atoms with Crippen molar-refractivity contribution in [1.82, 2.24) is 4.98 Å². The predicted molar refractivity (Wildman–Crippen MR) is 84.8 cm³/mol. The summed E-state index contributed by atoms with van der Waals surface area (Å²) in [5, 5.41) is 15.7. The summed E-state index contributed by atoms with van der Waals surface area (Å²) in [6, 6.07) is 8.68. The molecular formula is C14H12Cl2N4O. The number of methoxy groups -OCH3 is 1. The average Bonchev–Trinajstić information content (AvgIpc) is 2.50. The monoisotopic (exact) mass is 322 g/mol. The van der Waals surface area contributed by atoms with Gasteiger partial charge in [-0.3, -0.25) is 0 Å². The molecule has 0 atom stereocenters. The minimum atomic E-state index is 0.380. The summed E-state index contributed by atoms with van der Waals surface area (Å²) in [7, 11) is 3.24. The Morgan fingerprint density at radius 1 is 1.19 bits per heavy atom. The van der Waals surface area contributed by atoms with Crippen molar-refractivity contribution in [1.29, 1.82) is 5.26 Å². The van der Waals surface area contributed by atoms with Crippen molar-refractivity contribution < 1.29 is 4.74 Å². The lowest BCUT2D eigenvalue weighted by Crippen LogP contribution is -2.01. The van der Waals surface area contributed by atoms with Crippen LogP contribution in [0.1, 0.15) is 5.56 Å². The van der Waals surface area contributed by atoms with Gasteiger partial charge in [-0.2, -0.15) is 5.26 Å². The van der Waals surface area contributed by atoms with Gasteiger partial charge >= 0.3 is 0 Å². The molecule has 1 aromatic heterocycles. The van der Waals surface area contributed by atoms with E-state index in [9.17, 15) is 0 Å². The molecule has 0 fully saturated rings. The molecule has 0 aliphatic rings. The van der Waals surface area contributed by atoms with Gasteiger partial charge in [-0.15, -0.1) is 0 Å². The number of rotatable bonds is 4. The summed E-state index contributed by atoms with van der Waals surface area (Å²) in [6.07, 6.45) is 0. The molecule has 0 aliphatic carbocycles. The van der Waals surface area contributed by atoms with Crippen LogP contribution in [0, 0.1) is 11.3 Å². The zero-order chi connectivity index (χ0) is 15.4. The highest BCUT2D eigenvalue weighted by Crippen LogP contribution is 2.34. The molecule has 0 aliphatic heterocycles. The second-order valence-corrected chi connectivity index (χ2v) is 4.87. The van der Waals surface area contributed by atoms with E-state index in [4.69, 9.17) is 33.2 Å². The molecule has 108 valence electrons. The van der Waals surface area contributed by atoms with Crippen LogP contribution in [0.25, 0.3) is 0 Å². The van der Waals surface area contributed by atoms with Crippen LogP contribution >= 0.6 is 23.2 Å². The van der Waals surface area contributed by atoms with Crippen LogP contribution in [0.3, 0.4) is 0 Å². The van der Waals surface area contributed by atoms with Gasteiger partial charge in [0.1, 0.15) is 11.6 Å². The van der Waals surface area contributed by atoms with Crippen molar-refractivity contribution in [3.8, 4) is 11.8 Å². The van der Waals surface area contributed by atoms with Gasteiger partial charge < -0.3 is 15.4 Å². The number of pyridine rings is 1. The number of nitrogens with zero attached hydrogens (tertiary/aromatic N) is 2. The molecule has 2 N–H and O–H groups in total. The Bertz CT molecular complexity index is 713. The maximum absolute atomic E-state index is 8.90. The lowest BCUT2D eigenvalue weighted by atomic mass is 10.2. The van der Waals surface area contributed by atoms with Gasteiger partial charge in [0.2, 0.25) is 0 Å². The molecule has 0 saturated carbocycles. The lowest BCUT2D eigenvalue weighted by molar-refractivity contribution is 0.416. The first-order valence-corrected chi connectivity index (χ1v) is 6.73. The molecule has 0 radical (unpaired) electrons. The number of aromatic nitrogens is 1. The number of benzene rings is 1. The van der Waals surface area contributed by atoms with Gasteiger partial charge in [0, 0.05) is 13.1 Å². The molecule has 21 heavy (non-hydrogen) atoms. The van der Waals surface area contributed by atoms with Crippen molar-refractivity contribution in [3.05, 3.63) is 39.9 Å². The normalized spacial score (nSPS) is 9.86. The van der Waals surface area contributed by atoms with Crippen molar-refractivity contribution in [3.63, 3.8) is 0 Å². The van der Waals surface area contributed by atoms with Crippen molar-refractivity contribution in [2.75, 3.05) is 24.8 Å². The fourth-order valence-corrected chi connectivity index (χ4v) is 2.22. The van der Waals surface area contributed by atoms with Gasteiger partial charge in [0.25, 0.3) is 0 Å². The molecule has 1 heterocycles. The Kier molecular flexibility index (Phi) is 4.73. The maximum Gasteiger partial charge on any atom is 0.151 e. The predicted octanol–water partition coefficient (Wildman–Crippen LogP) is 4.05. The SMILES string of the molecule is CNc1nc(Nc2ccc(C#N)cc2OC)c(Cl)cc1Cl. The Balaban J connectivity index is 2.41. The topological polar surface area (TPSA) is 70.0 Å². The first kappa shape index (κ1) is 15.2. The van der Waals surface area contributed by atoms with Gasteiger partial charge in [-0.1, -0.05) is 23.2 Å². The van der Waals surface area contributed by atoms with Crippen LogP contribution < -0.4 is 15.4 Å². The molecule has 0 spiro atoms. The fraction of sp³-hybridized carbons (Fsp3) is 0.143. The van der Waals surface area contributed by atoms with E-state index in [0.717, 1.165) is 0 Å². The molecule has 0 bridgehead atoms. The van der Waals surface area contributed by atoms with Crippen LogP contribution in [0.4, 0.5) is 17.3 Å². The van der Waals surface area contributed by atoms with E-state index in [2.05, 4.69) is 21.7 Å². The third-order valence-corrected chi connectivity index (χ3v) is 3.33. The average molecular weight is 323 g/mol. The summed E-state index contributed by atoms with van der Waals surface area (Å²) >= 11 is 12.1. The molecular weight excluding hydrogens is 311 g/mol. The van der Waals surface area contributed by atoms with Crippen LogP contribution in [-0.2, 0) is 0 Å². The third kappa shape index (κ3) is 3.30. The number of hydrogen-bond acceptors (Lipinski definition) is 5. The highest BCUT2D eigenvalue weighted by Gasteiger charge is 2.11. The Labute approximate surface area is 132 Å². The molecule has 2 rings (SSSR count). The smallest absolute Gasteiger partial charge is 0.151 e. The second kappa shape index (κ2) is 6.53. The summed E-state index contributed by atoms with van der Waals surface area (Å²) in [5.74, 6) is 1.47. The Morgan fingerprint density at radius 3 is 2.52 bits per heavy atom. The number of nitrogens with one attached hydrogen (secondary N) is 2. The third-order valence-electron chi connectivity index (χ3n) is 2.75. The highest BCUT2D eigenvalue weighted by atomic mass is 35.5. The largest absolute Gasteiger partial charge is 0.495 e. The Morgan fingerprint density at radius 2 is 1.90 bits per heavy atom. The number of halogens is 2. The quantitative estimate of drug-likeness (QED) is 0.888. The summed E-state index contributed by atoms with van der Waals surface area (Å²) in [4.78, 5) is 4.30. The zero-order valence-electron chi connectivity index (χ0n) is 11.4. The molecule has 5 nitrogen and oxygen atoms in total. The number of nitriles is 1. The van der Waals surface area contributed by atoms with Crippen LogP contribution in [0.2, 0.25) is 10.0 Å². The molecule has 7 heteroatoms. The van der Waals surface area contributed by atoms with E-state index in [1.165, 1.54) is 7.11 Å². The van der Waals surface area contributed by atoms with Gasteiger partial charge in [-0.25, -0.2) is 4.98 Å². The van der Waals surface area contributed by atoms with Crippen molar-refractivity contribution in [2.45, 2.75) is 0 Å². The number of ether oxygens (including phenoxy) is 1. The standard InChI is InChI=1S/C14H12Cl2N4O/c1-18-13-9(15)6-10(16)14(20-13)19-11-4-3-8(7-17)5-12(11)21-2/h3-6H,1-2H3,(H2,18,19,20). The number of hydrogen-bond donors (Lipinski definition) is 2. The Hall–Kier alpha value is -2.16. The van der Waals surface area contributed by atoms with Crippen LogP contribution in [0.5, 0.6) is 5.75 Å². The molecule has 0 unspecified atom stereocenters. The van der Waals surface area contributed by atoms with E-state index in [1.807, 2.05) is 0 Å². The van der Waals surface area contributed by atoms with E-state index in [1.54, 1.807) is 31.3 Å². The van der Waals surface area contributed by atoms with E-state index in [-0.39, 0.29) is 0 Å². The van der Waals surface area contributed by atoms with Gasteiger partial charge in [-0.05, 0) is 18.2 Å². The number of anilines is 3. The van der Waals surface area contributed by atoms with E-state index < -0.39 is 0 Å². The summed E-state index contributed by atoms with van der Waals surface area (Å²) < 4.78 is 5.25.